The first-order valence-electron chi connectivity index (χ1n) is 14.2. The smallest absolute Gasteiger partial charge is 0.254 e. The number of nitrogens with one attached hydrogen (secondary N) is 1. The fourth-order valence-corrected chi connectivity index (χ4v) is 5.41. The number of hydrogen-bond donors (Lipinski definition) is 3. The van der Waals surface area contributed by atoms with Gasteiger partial charge in [-0.25, -0.2) is 0 Å². The number of aryl methyl sites for hydroxylation is 1. The molecule has 8 nitrogen and oxygen atoms in total. The number of nitrogens with two attached hydrogens (primary N) is 2. The highest BCUT2D eigenvalue weighted by atomic mass is 16.5. The fourth-order valence-electron chi connectivity index (χ4n) is 5.41. The van der Waals surface area contributed by atoms with E-state index in [0.29, 0.717) is 50.4 Å². The van der Waals surface area contributed by atoms with E-state index in [1.54, 1.807) is 36.1 Å². The molecule has 0 aliphatic carbocycles. The maximum Gasteiger partial charge on any atom is 0.254 e. The van der Waals surface area contributed by atoms with Gasteiger partial charge in [0.2, 0.25) is 5.91 Å². The molecule has 3 aromatic rings. The van der Waals surface area contributed by atoms with Crippen molar-refractivity contribution in [1.29, 1.82) is 0 Å². The third-order valence-corrected chi connectivity index (χ3v) is 7.80. The Bertz CT molecular complexity index is 1290. The third-order valence-electron chi connectivity index (χ3n) is 7.80. The summed E-state index contributed by atoms with van der Waals surface area (Å²) in [4.78, 5) is 41.5. The van der Waals surface area contributed by atoms with Gasteiger partial charge in [0.05, 0.1) is 19.3 Å². The van der Waals surface area contributed by atoms with Crippen LogP contribution in [0.5, 0.6) is 0 Å². The molecule has 2 amide bonds. The van der Waals surface area contributed by atoms with E-state index in [9.17, 15) is 14.4 Å². The lowest BCUT2D eigenvalue weighted by Gasteiger charge is -2.36. The van der Waals surface area contributed by atoms with Gasteiger partial charge in [0, 0.05) is 36.7 Å². The van der Waals surface area contributed by atoms with Gasteiger partial charge in [0.1, 0.15) is 5.54 Å². The zero-order valence-corrected chi connectivity index (χ0v) is 23.6. The van der Waals surface area contributed by atoms with E-state index in [-0.39, 0.29) is 18.1 Å². The minimum absolute atomic E-state index is 0.0438. The van der Waals surface area contributed by atoms with Crippen molar-refractivity contribution in [3.8, 4) is 0 Å². The van der Waals surface area contributed by atoms with Crippen LogP contribution in [0.2, 0.25) is 0 Å². The number of carbonyl (C=O) groups excluding carboxylic acids is 3. The molecule has 3 aromatic carbocycles. The van der Waals surface area contributed by atoms with Gasteiger partial charge >= 0.3 is 0 Å². The van der Waals surface area contributed by atoms with Crippen molar-refractivity contribution in [3.63, 3.8) is 0 Å². The zero-order valence-electron chi connectivity index (χ0n) is 23.6. The molecule has 1 unspecified atom stereocenters. The van der Waals surface area contributed by atoms with Gasteiger partial charge in [0.15, 0.2) is 5.78 Å². The number of carbonyl (C=O) groups is 3. The second-order valence-electron chi connectivity index (χ2n) is 10.7. The topological polar surface area (TPSA) is 128 Å². The molecule has 1 aliphatic rings. The van der Waals surface area contributed by atoms with Crippen LogP contribution in [-0.4, -0.2) is 60.4 Å². The van der Waals surface area contributed by atoms with Crippen molar-refractivity contribution in [2.45, 2.75) is 44.2 Å². The van der Waals surface area contributed by atoms with Crippen LogP contribution in [0, 0.1) is 5.92 Å². The minimum atomic E-state index is -1.56. The minimum Gasteiger partial charge on any atom is -0.378 e. The second-order valence-corrected chi connectivity index (χ2v) is 10.7. The first kappa shape index (κ1) is 30.0. The van der Waals surface area contributed by atoms with Crippen molar-refractivity contribution in [2.75, 3.05) is 31.6 Å². The van der Waals surface area contributed by atoms with E-state index in [4.69, 9.17) is 16.2 Å². The average molecular weight is 557 g/mol. The quantitative estimate of drug-likeness (QED) is 0.295. The van der Waals surface area contributed by atoms with Gasteiger partial charge in [-0.3, -0.25) is 14.4 Å². The SMILES string of the molecule is C[C@H](Nc1ccc(C(=O)N2CCOCC2)cc1)C(=O)C(CCCc1ccccc1)[C@@](N)(Cc1ccccc1)C(N)=O. The summed E-state index contributed by atoms with van der Waals surface area (Å²) < 4.78 is 5.34. The van der Waals surface area contributed by atoms with Crippen molar-refractivity contribution in [3.05, 3.63) is 102 Å². The number of primary amides is 1. The third kappa shape index (κ3) is 7.80. The largest absolute Gasteiger partial charge is 0.378 e. The van der Waals surface area contributed by atoms with Crippen molar-refractivity contribution >= 4 is 23.3 Å². The summed E-state index contributed by atoms with van der Waals surface area (Å²) >= 11 is 0. The molecule has 0 aromatic heterocycles. The summed E-state index contributed by atoms with van der Waals surface area (Å²) in [6, 6.07) is 25.9. The molecule has 0 radical (unpaired) electrons. The van der Waals surface area contributed by atoms with Crippen LogP contribution in [0.25, 0.3) is 0 Å². The molecule has 8 heteroatoms. The van der Waals surface area contributed by atoms with E-state index in [1.165, 1.54) is 0 Å². The number of nitrogens with zero attached hydrogens (tertiary/aromatic N) is 1. The lowest BCUT2D eigenvalue weighted by molar-refractivity contribution is -0.134. The van der Waals surface area contributed by atoms with Crippen molar-refractivity contribution < 1.29 is 19.1 Å². The number of anilines is 1. The molecule has 1 fully saturated rings. The van der Waals surface area contributed by atoms with E-state index in [0.717, 1.165) is 17.5 Å². The van der Waals surface area contributed by atoms with Crippen LogP contribution in [0.15, 0.2) is 84.9 Å². The Labute approximate surface area is 242 Å². The molecule has 1 saturated heterocycles. The molecule has 0 bridgehead atoms. The zero-order chi connectivity index (χ0) is 29.2. The van der Waals surface area contributed by atoms with Crippen LogP contribution < -0.4 is 16.8 Å². The first-order chi connectivity index (χ1) is 19.8. The van der Waals surface area contributed by atoms with Gasteiger partial charge in [-0.05, 0) is 61.6 Å². The van der Waals surface area contributed by atoms with Gasteiger partial charge in [0.25, 0.3) is 5.91 Å². The summed E-state index contributed by atoms with van der Waals surface area (Å²) in [5, 5.41) is 3.25. The standard InChI is InChI=1S/C33H40N4O4/c1-24(36-28-17-15-27(16-18-28)31(39)37-19-21-41-22-20-37)30(38)29(14-8-13-25-9-4-2-5-10-25)33(35,32(34)40)23-26-11-6-3-7-12-26/h2-7,9-12,15-18,24,29,36H,8,13-14,19-23,35H2,1H3,(H2,34,40)/t24-,29?,33-/m0/s1. The van der Waals surface area contributed by atoms with E-state index in [2.05, 4.69) is 5.32 Å². The lowest BCUT2D eigenvalue weighted by Crippen LogP contribution is -2.62. The summed E-state index contributed by atoms with van der Waals surface area (Å²) in [6.45, 7) is 3.98. The van der Waals surface area contributed by atoms with Crippen molar-refractivity contribution in [1.82, 2.24) is 4.90 Å². The maximum atomic E-state index is 14.0. The number of benzene rings is 3. The monoisotopic (exact) mass is 556 g/mol. The molecule has 4 rings (SSSR count). The van der Waals surface area contributed by atoms with Crippen LogP contribution in [0.1, 0.15) is 41.3 Å². The molecule has 216 valence electrons. The highest BCUT2D eigenvalue weighted by Gasteiger charge is 2.45. The number of rotatable bonds is 13. The Morgan fingerprint density at radius 2 is 1.49 bits per heavy atom. The molecule has 41 heavy (non-hydrogen) atoms. The number of ketones is 1. The molecule has 5 N–H and O–H groups in total. The lowest BCUT2D eigenvalue weighted by atomic mass is 9.73. The van der Waals surface area contributed by atoms with Gasteiger partial charge in [-0.15, -0.1) is 0 Å². The van der Waals surface area contributed by atoms with Crippen LogP contribution >= 0.6 is 0 Å². The summed E-state index contributed by atoms with van der Waals surface area (Å²) in [5.74, 6) is -1.72. The highest BCUT2D eigenvalue weighted by molar-refractivity contribution is 5.97. The van der Waals surface area contributed by atoms with E-state index >= 15 is 0 Å². The van der Waals surface area contributed by atoms with Gasteiger partial charge < -0.3 is 26.4 Å². The molecule has 1 aliphatic heterocycles. The van der Waals surface area contributed by atoms with Crippen molar-refractivity contribution in [2.24, 2.45) is 17.4 Å². The molecule has 3 atom stereocenters. The fraction of sp³-hybridized carbons (Fsp3) is 0.364. The maximum absolute atomic E-state index is 14.0. The Hall–Kier alpha value is -4.01. The highest BCUT2D eigenvalue weighted by Crippen LogP contribution is 2.28. The van der Waals surface area contributed by atoms with Crippen LogP contribution in [0.3, 0.4) is 0 Å². The summed E-state index contributed by atoms with van der Waals surface area (Å²) in [6.07, 6.45) is 2.01. The molecule has 1 heterocycles. The molecule has 0 saturated carbocycles. The van der Waals surface area contributed by atoms with Gasteiger partial charge in [-0.2, -0.15) is 0 Å². The predicted octanol–water partition coefficient (Wildman–Crippen LogP) is 3.59. The Balaban J connectivity index is 1.50. The van der Waals surface area contributed by atoms with Gasteiger partial charge in [-0.1, -0.05) is 60.7 Å². The molecular formula is C33H40N4O4. The number of ether oxygens (including phenoxy) is 1. The number of Topliss-reactive ketones (excluding diaryl/α,β-unsaturated/α-hetero) is 1. The van der Waals surface area contributed by atoms with Crippen LogP contribution in [-0.2, 0) is 27.2 Å². The molecular weight excluding hydrogens is 516 g/mol. The van der Waals surface area contributed by atoms with E-state index < -0.39 is 23.4 Å². The normalized spacial score (nSPS) is 16.3. The Kier molecular flexibility index (Phi) is 10.3. The summed E-state index contributed by atoms with van der Waals surface area (Å²) in [5.41, 5.74) is 14.4. The number of amides is 2. The average Bonchev–Trinajstić information content (AvgIpc) is 3.00. The van der Waals surface area contributed by atoms with E-state index in [1.807, 2.05) is 60.7 Å². The second kappa shape index (κ2) is 14.1. The van der Waals surface area contributed by atoms with Crippen LogP contribution in [0.4, 0.5) is 5.69 Å². The Morgan fingerprint density at radius 3 is 2.07 bits per heavy atom. The first-order valence-corrected chi connectivity index (χ1v) is 14.2. The predicted molar refractivity (Wildman–Crippen MR) is 160 cm³/mol. The Morgan fingerprint density at radius 1 is 0.902 bits per heavy atom. The summed E-state index contributed by atoms with van der Waals surface area (Å²) in [7, 11) is 0. The molecule has 0 spiro atoms. The number of hydrogen-bond acceptors (Lipinski definition) is 6. The number of morpholine rings is 1.